The molecule has 9 heteroatoms. The zero-order chi connectivity index (χ0) is 23.9. The number of pyridine rings is 1. The van der Waals surface area contributed by atoms with Gasteiger partial charge in [-0.25, -0.2) is 14.1 Å². The molecule has 1 aromatic carbocycles. The molecule has 3 aromatic rings. The summed E-state index contributed by atoms with van der Waals surface area (Å²) >= 11 is 0. The van der Waals surface area contributed by atoms with E-state index in [0.717, 1.165) is 25.8 Å². The van der Waals surface area contributed by atoms with Gasteiger partial charge in [-0.3, -0.25) is 24.4 Å². The normalized spacial score (nSPS) is 15.9. The summed E-state index contributed by atoms with van der Waals surface area (Å²) in [6.07, 6.45) is 3.11. The van der Waals surface area contributed by atoms with E-state index in [9.17, 15) is 19.6 Å². The molecule has 1 atom stereocenters. The van der Waals surface area contributed by atoms with E-state index in [2.05, 4.69) is 4.98 Å². The van der Waals surface area contributed by atoms with E-state index in [1.165, 1.54) is 14.1 Å². The minimum Gasteiger partial charge on any atom is -0.711 e. The number of carbonyl (C=O) groups excluding carboxylic acids is 3. The van der Waals surface area contributed by atoms with Crippen molar-refractivity contribution in [3.05, 3.63) is 88.4 Å². The Hall–Kier alpha value is -4.01. The highest BCUT2D eigenvalue weighted by Crippen LogP contribution is 2.36. The Bertz CT molecular complexity index is 1200. The molecule has 0 spiro atoms. The third-order valence-corrected chi connectivity index (χ3v) is 6.35. The lowest BCUT2D eigenvalue weighted by molar-refractivity contribution is -0.621. The number of urea groups is 1. The molecule has 1 aliphatic rings. The summed E-state index contributed by atoms with van der Waals surface area (Å²) in [5.41, 5.74) is 2.77. The van der Waals surface area contributed by atoms with Crippen molar-refractivity contribution in [2.24, 2.45) is 5.92 Å². The molecule has 1 unspecified atom stereocenters. The molecule has 0 radical (unpaired) electrons. The van der Waals surface area contributed by atoms with E-state index in [0.29, 0.717) is 17.8 Å². The maximum absolute atomic E-state index is 13.5. The SMILES string of the molecule is Cc1c(C)[n+]([O-])c(C(c2ccncc2)C2C(=O)N(C)C(=O)N(C)C2=O)n1Cc1ccccc1. The smallest absolute Gasteiger partial charge is 0.332 e. The fourth-order valence-corrected chi connectivity index (χ4v) is 4.34. The van der Waals surface area contributed by atoms with Crippen molar-refractivity contribution >= 4 is 17.8 Å². The second kappa shape index (κ2) is 8.50. The highest BCUT2D eigenvalue weighted by Gasteiger charge is 2.51. The number of barbiturate groups is 1. The Labute approximate surface area is 191 Å². The molecular formula is C24H25N5O4. The van der Waals surface area contributed by atoms with Crippen LogP contribution >= 0.6 is 0 Å². The molecule has 0 saturated carbocycles. The Morgan fingerprint density at radius 2 is 1.55 bits per heavy atom. The van der Waals surface area contributed by atoms with Crippen LogP contribution in [0.3, 0.4) is 0 Å². The Kier molecular flexibility index (Phi) is 5.71. The van der Waals surface area contributed by atoms with Gasteiger partial charge < -0.3 is 5.21 Å². The molecule has 0 bridgehead atoms. The average Bonchev–Trinajstić information content (AvgIpc) is 3.04. The summed E-state index contributed by atoms with van der Waals surface area (Å²) in [6, 6.07) is 12.3. The minimum absolute atomic E-state index is 0.267. The third-order valence-electron chi connectivity index (χ3n) is 6.35. The summed E-state index contributed by atoms with van der Waals surface area (Å²) in [5.74, 6) is -3.22. The first-order valence-corrected chi connectivity index (χ1v) is 10.6. The van der Waals surface area contributed by atoms with E-state index < -0.39 is 29.7 Å². The lowest BCUT2D eigenvalue weighted by Gasteiger charge is -2.35. The minimum atomic E-state index is -1.27. The van der Waals surface area contributed by atoms with Gasteiger partial charge in [-0.05, 0) is 23.3 Å². The standard InChI is InChI=1S/C24H25N5O4/c1-15-16(2)29(33)21(28(15)14-17-8-6-5-7-9-17)19(18-10-12-25-13-11-18)20-22(30)26(3)24(32)27(4)23(20)31/h5-13,19-20H,14H2,1-4H3. The van der Waals surface area contributed by atoms with Crippen molar-refractivity contribution in [2.75, 3.05) is 14.1 Å². The number of imidazole rings is 1. The van der Waals surface area contributed by atoms with Gasteiger partial charge in [0, 0.05) is 40.3 Å². The first-order chi connectivity index (χ1) is 15.7. The lowest BCUT2D eigenvalue weighted by Crippen LogP contribution is -2.59. The van der Waals surface area contributed by atoms with Gasteiger partial charge in [-0.15, -0.1) is 0 Å². The van der Waals surface area contributed by atoms with Crippen LogP contribution in [0.25, 0.3) is 0 Å². The molecular weight excluding hydrogens is 422 g/mol. The van der Waals surface area contributed by atoms with Crippen LogP contribution in [-0.2, 0) is 16.1 Å². The number of hydrogen-bond donors (Lipinski definition) is 0. The number of imide groups is 2. The predicted molar refractivity (Wildman–Crippen MR) is 119 cm³/mol. The molecule has 1 saturated heterocycles. The molecule has 0 N–H and O–H groups in total. The van der Waals surface area contributed by atoms with Crippen molar-refractivity contribution in [1.82, 2.24) is 19.4 Å². The van der Waals surface area contributed by atoms with Crippen molar-refractivity contribution in [3.63, 3.8) is 0 Å². The highest BCUT2D eigenvalue weighted by atomic mass is 16.5. The highest BCUT2D eigenvalue weighted by molar-refractivity contribution is 6.16. The lowest BCUT2D eigenvalue weighted by atomic mass is 9.82. The van der Waals surface area contributed by atoms with Crippen molar-refractivity contribution < 1.29 is 19.1 Å². The van der Waals surface area contributed by atoms with Crippen LogP contribution < -0.4 is 4.73 Å². The van der Waals surface area contributed by atoms with Crippen LogP contribution in [0.4, 0.5) is 4.79 Å². The fourth-order valence-electron chi connectivity index (χ4n) is 4.34. The quantitative estimate of drug-likeness (QED) is 0.338. The Morgan fingerprint density at radius 3 is 2.12 bits per heavy atom. The first kappa shape index (κ1) is 22.2. The maximum atomic E-state index is 13.5. The number of hydrogen-bond acceptors (Lipinski definition) is 5. The molecule has 3 heterocycles. The number of benzene rings is 1. The monoisotopic (exact) mass is 447 g/mol. The molecule has 170 valence electrons. The molecule has 4 rings (SSSR count). The fraction of sp³-hybridized carbons (Fsp3) is 0.292. The molecule has 1 fully saturated rings. The van der Waals surface area contributed by atoms with Gasteiger partial charge in [0.25, 0.3) is 5.82 Å². The van der Waals surface area contributed by atoms with E-state index in [1.54, 1.807) is 31.5 Å². The van der Waals surface area contributed by atoms with E-state index in [1.807, 2.05) is 41.8 Å². The zero-order valence-electron chi connectivity index (χ0n) is 18.9. The van der Waals surface area contributed by atoms with Crippen LogP contribution in [0.1, 0.15) is 34.3 Å². The Balaban J connectivity index is 1.95. The van der Waals surface area contributed by atoms with Crippen molar-refractivity contribution in [3.8, 4) is 0 Å². The van der Waals surface area contributed by atoms with Gasteiger partial charge in [0.2, 0.25) is 11.8 Å². The van der Waals surface area contributed by atoms with E-state index in [-0.39, 0.29) is 5.82 Å². The van der Waals surface area contributed by atoms with Crippen LogP contribution in [-0.4, -0.2) is 51.3 Å². The van der Waals surface area contributed by atoms with Crippen LogP contribution in [0, 0.1) is 25.0 Å². The summed E-state index contributed by atoms with van der Waals surface area (Å²) in [5, 5.41) is 13.5. The molecule has 1 aliphatic heterocycles. The van der Waals surface area contributed by atoms with E-state index >= 15 is 0 Å². The number of aromatic nitrogens is 3. The molecule has 4 amide bonds. The zero-order valence-corrected chi connectivity index (χ0v) is 18.9. The predicted octanol–water partition coefficient (Wildman–Crippen LogP) is 1.98. The molecule has 2 aromatic heterocycles. The second-order valence-electron chi connectivity index (χ2n) is 8.21. The van der Waals surface area contributed by atoms with Gasteiger partial charge in [-0.1, -0.05) is 30.3 Å². The van der Waals surface area contributed by atoms with Gasteiger partial charge in [0.15, 0.2) is 0 Å². The number of carbonyl (C=O) groups is 3. The summed E-state index contributed by atoms with van der Waals surface area (Å²) in [4.78, 5) is 44.8. The third kappa shape index (κ3) is 3.65. The largest absolute Gasteiger partial charge is 0.711 e. The molecule has 33 heavy (non-hydrogen) atoms. The maximum Gasteiger partial charge on any atom is 0.332 e. The van der Waals surface area contributed by atoms with Crippen molar-refractivity contribution in [2.45, 2.75) is 26.3 Å². The Morgan fingerprint density at radius 1 is 0.970 bits per heavy atom. The van der Waals surface area contributed by atoms with Gasteiger partial charge in [0.05, 0.1) is 0 Å². The second-order valence-corrected chi connectivity index (χ2v) is 8.21. The van der Waals surface area contributed by atoms with Crippen LogP contribution in [0.15, 0.2) is 54.9 Å². The van der Waals surface area contributed by atoms with Crippen molar-refractivity contribution in [1.29, 1.82) is 0 Å². The van der Waals surface area contributed by atoms with Crippen LogP contribution in [0.2, 0.25) is 0 Å². The molecule has 9 nitrogen and oxygen atoms in total. The van der Waals surface area contributed by atoms with Gasteiger partial charge >= 0.3 is 6.03 Å². The van der Waals surface area contributed by atoms with Gasteiger partial charge in [0.1, 0.15) is 29.8 Å². The summed E-state index contributed by atoms with van der Waals surface area (Å²) in [7, 11) is 2.68. The van der Waals surface area contributed by atoms with Gasteiger partial charge in [-0.2, -0.15) is 0 Å². The first-order valence-electron chi connectivity index (χ1n) is 10.6. The number of rotatable bonds is 5. The average molecular weight is 447 g/mol. The number of amides is 4. The van der Waals surface area contributed by atoms with E-state index in [4.69, 9.17) is 0 Å². The molecule has 0 aliphatic carbocycles. The topological polar surface area (TPSA) is 102 Å². The number of nitrogens with zero attached hydrogens (tertiary/aromatic N) is 5. The van der Waals surface area contributed by atoms with Crippen LogP contribution in [0.5, 0.6) is 0 Å². The summed E-state index contributed by atoms with van der Waals surface area (Å²) in [6.45, 7) is 3.94. The summed E-state index contributed by atoms with van der Waals surface area (Å²) < 4.78 is 2.64.